The maximum absolute atomic E-state index is 12.3. The Kier molecular flexibility index (Phi) is 7.59. The molecule has 0 atom stereocenters. The van der Waals surface area contributed by atoms with E-state index >= 15 is 0 Å². The number of nitro benzene ring substituents is 1. The number of rotatable bonds is 10. The molecule has 1 amide bonds. The summed E-state index contributed by atoms with van der Waals surface area (Å²) in [4.78, 5) is 22.7. The lowest BCUT2D eigenvalue weighted by atomic mass is 10.2. The van der Waals surface area contributed by atoms with Gasteiger partial charge in [0, 0.05) is 25.1 Å². The number of para-hydroxylation sites is 2. The highest BCUT2D eigenvalue weighted by Gasteiger charge is 2.21. The molecule has 2 aromatic carbocycles. The molecule has 0 radical (unpaired) electrons. The fraction of sp³-hybridized carbons (Fsp3) is 0.316. The molecule has 11 heteroatoms. The fourth-order valence-corrected chi connectivity index (χ4v) is 3.77. The summed E-state index contributed by atoms with van der Waals surface area (Å²) in [6.07, 6.45) is 1.29. The van der Waals surface area contributed by atoms with Crippen molar-refractivity contribution in [2.24, 2.45) is 0 Å². The number of hydrogen-bond acceptors (Lipinski definition) is 7. The summed E-state index contributed by atoms with van der Waals surface area (Å²) in [5.41, 5.74) is 0.357. The van der Waals surface area contributed by atoms with Crippen molar-refractivity contribution in [3.8, 4) is 11.5 Å². The zero-order valence-electron chi connectivity index (χ0n) is 16.8. The van der Waals surface area contributed by atoms with Gasteiger partial charge in [-0.25, -0.2) is 8.42 Å². The third kappa shape index (κ3) is 5.83. The molecule has 0 heterocycles. The predicted molar refractivity (Wildman–Crippen MR) is 113 cm³/mol. The van der Waals surface area contributed by atoms with Crippen LogP contribution in [0.5, 0.6) is 11.5 Å². The molecule has 0 unspecified atom stereocenters. The molecular formula is C19H23N3O7S. The Labute approximate surface area is 174 Å². The van der Waals surface area contributed by atoms with Crippen molar-refractivity contribution in [1.29, 1.82) is 0 Å². The molecule has 0 bridgehead atoms. The van der Waals surface area contributed by atoms with Gasteiger partial charge < -0.3 is 14.8 Å². The van der Waals surface area contributed by atoms with E-state index in [0.29, 0.717) is 11.4 Å². The number of nitrogens with one attached hydrogen (secondary N) is 1. The Morgan fingerprint density at radius 2 is 1.80 bits per heavy atom. The number of nitrogens with zero attached hydrogens (tertiary/aromatic N) is 2. The van der Waals surface area contributed by atoms with Gasteiger partial charge in [-0.15, -0.1) is 0 Å². The number of amides is 1. The molecule has 0 aliphatic heterocycles. The van der Waals surface area contributed by atoms with Gasteiger partial charge >= 0.3 is 0 Å². The van der Waals surface area contributed by atoms with Crippen molar-refractivity contribution in [2.45, 2.75) is 12.8 Å². The summed E-state index contributed by atoms with van der Waals surface area (Å²) in [5.74, 6) is 0.247. The predicted octanol–water partition coefficient (Wildman–Crippen LogP) is 2.80. The van der Waals surface area contributed by atoms with Gasteiger partial charge in [0.1, 0.15) is 11.5 Å². The highest BCUT2D eigenvalue weighted by Crippen LogP contribution is 2.30. The molecule has 2 rings (SSSR count). The molecule has 0 saturated carbocycles. The number of carbonyl (C=O) groups is 1. The lowest BCUT2D eigenvalue weighted by Gasteiger charge is -2.24. The van der Waals surface area contributed by atoms with E-state index in [-0.39, 0.29) is 36.5 Å². The van der Waals surface area contributed by atoms with E-state index in [1.54, 1.807) is 24.3 Å². The Bertz CT molecular complexity index is 1020. The molecule has 0 aromatic heterocycles. The number of anilines is 2. The summed E-state index contributed by atoms with van der Waals surface area (Å²) in [5, 5.41) is 13.5. The van der Waals surface area contributed by atoms with Crippen molar-refractivity contribution < 1.29 is 27.6 Å². The van der Waals surface area contributed by atoms with E-state index in [1.165, 1.54) is 36.7 Å². The molecule has 10 nitrogen and oxygen atoms in total. The van der Waals surface area contributed by atoms with Crippen LogP contribution < -0.4 is 19.1 Å². The number of carbonyl (C=O) groups excluding carboxylic acids is 1. The number of nitro groups is 1. The van der Waals surface area contributed by atoms with Crippen molar-refractivity contribution in [2.75, 3.05) is 36.6 Å². The molecule has 1 N–H and O–H groups in total. The first-order valence-corrected chi connectivity index (χ1v) is 10.7. The lowest BCUT2D eigenvalue weighted by Crippen LogP contribution is -2.31. The highest BCUT2D eigenvalue weighted by molar-refractivity contribution is 7.92. The number of benzene rings is 2. The SMILES string of the molecule is COc1ccc([N+](=O)[O-])cc1NC(=O)CCCN(c1ccccc1OC)S(C)(=O)=O. The summed E-state index contributed by atoms with van der Waals surface area (Å²) in [6.45, 7) is 0.0543. The van der Waals surface area contributed by atoms with Crippen molar-refractivity contribution in [3.05, 3.63) is 52.6 Å². The average Bonchev–Trinajstić information content (AvgIpc) is 2.70. The molecule has 0 saturated heterocycles. The Hall–Kier alpha value is -3.34. The molecule has 162 valence electrons. The molecule has 0 fully saturated rings. The van der Waals surface area contributed by atoms with Crippen molar-refractivity contribution in [3.63, 3.8) is 0 Å². The van der Waals surface area contributed by atoms with Gasteiger partial charge in [-0.05, 0) is 24.6 Å². The number of methoxy groups -OCH3 is 2. The molecule has 0 spiro atoms. The van der Waals surface area contributed by atoms with E-state index < -0.39 is 20.9 Å². The van der Waals surface area contributed by atoms with E-state index in [1.807, 2.05) is 0 Å². The summed E-state index contributed by atoms with van der Waals surface area (Å²) >= 11 is 0. The number of ether oxygens (including phenoxy) is 2. The Balaban J connectivity index is 2.08. The third-order valence-corrected chi connectivity index (χ3v) is 5.37. The lowest BCUT2D eigenvalue weighted by molar-refractivity contribution is -0.384. The Morgan fingerprint density at radius 1 is 1.13 bits per heavy atom. The van der Waals surface area contributed by atoms with E-state index in [4.69, 9.17) is 9.47 Å². The molecule has 30 heavy (non-hydrogen) atoms. The zero-order chi connectivity index (χ0) is 22.3. The van der Waals surface area contributed by atoms with Crippen LogP contribution in [0, 0.1) is 10.1 Å². The second-order valence-corrected chi connectivity index (χ2v) is 8.21. The first kappa shape index (κ1) is 22.9. The van der Waals surface area contributed by atoms with Crippen LogP contribution in [0.2, 0.25) is 0 Å². The van der Waals surface area contributed by atoms with Gasteiger partial charge in [0.25, 0.3) is 5.69 Å². The van der Waals surface area contributed by atoms with Crippen LogP contribution >= 0.6 is 0 Å². The molecule has 0 aliphatic rings. The molecular weight excluding hydrogens is 414 g/mol. The summed E-state index contributed by atoms with van der Waals surface area (Å²) in [7, 11) is -0.780. The average molecular weight is 437 g/mol. The van der Waals surface area contributed by atoms with Gasteiger partial charge in [-0.2, -0.15) is 0 Å². The van der Waals surface area contributed by atoms with Crippen LogP contribution in [0.15, 0.2) is 42.5 Å². The van der Waals surface area contributed by atoms with Crippen LogP contribution in [0.4, 0.5) is 17.1 Å². The summed E-state index contributed by atoms with van der Waals surface area (Å²) < 4.78 is 36.0. The van der Waals surface area contributed by atoms with Gasteiger partial charge in [-0.1, -0.05) is 12.1 Å². The van der Waals surface area contributed by atoms with Gasteiger partial charge in [-0.3, -0.25) is 19.2 Å². The minimum Gasteiger partial charge on any atom is -0.495 e. The van der Waals surface area contributed by atoms with Gasteiger partial charge in [0.15, 0.2) is 0 Å². The summed E-state index contributed by atoms with van der Waals surface area (Å²) in [6, 6.07) is 10.5. The van der Waals surface area contributed by atoms with Crippen molar-refractivity contribution in [1.82, 2.24) is 0 Å². The second kappa shape index (κ2) is 9.92. The first-order valence-electron chi connectivity index (χ1n) is 8.90. The van der Waals surface area contributed by atoms with Crippen LogP contribution in [0.1, 0.15) is 12.8 Å². The smallest absolute Gasteiger partial charge is 0.271 e. The minimum atomic E-state index is -3.61. The van der Waals surface area contributed by atoms with Gasteiger partial charge in [0.05, 0.1) is 36.8 Å². The van der Waals surface area contributed by atoms with Crippen LogP contribution in [0.25, 0.3) is 0 Å². The molecule has 0 aliphatic carbocycles. The molecule has 2 aromatic rings. The largest absolute Gasteiger partial charge is 0.495 e. The standard InChI is InChI=1S/C19H23N3O7S/c1-28-17-11-10-14(22(24)25)13-15(17)20-19(23)9-6-12-21(30(3,26)27)16-7-4-5-8-18(16)29-2/h4-5,7-8,10-11,13H,6,9,12H2,1-3H3,(H,20,23). The third-order valence-electron chi connectivity index (χ3n) is 4.19. The monoisotopic (exact) mass is 437 g/mol. The fourth-order valence-electron chi connectivity index (χ4n) is 2.80. The number of hydrogen-bond donors (Lipinski definition) is 1. The van der Waals surface area contributed by atoms with E-state index in [2.05, 4.69) is 5.32 Å². The van der Waals surface area contributed by atoms with E-state index in [9.17, 15) is 23.3 Å². The Morgan fingerprint density at radius 3 is 2.40 bits per heavy atom. The second-order valence-electron chi connectivity index (χ2n) is 6.30. The van der Waals surface area contributed by atoms with Gasteiger partial charge in [0.2, 0.25) is 15.9 Å². The van der Waals surface area contributed by atoms with Crippen molar-refractivity contribution >= 4 is 33.0 Å². The van der Waals surface area contributed by atoms with Crippen LogP contribution in [-0.4, -0.2) is 46.3 Å². The highest BCUT2D eigenvalue weighted by atomic mass is 32.2. The topological polar surface area (TPSA) is 128 Å². The zero-order valence-corrected chi connectivity index (χ0v) is 17.6. The number of non-ortho nitro benzene ring substituents is 1. The normalized spacial score (nSPS) is 10.9. The minimum absolute atomic E-state index is 0.00693. The maximum atomic E-state index is 12.3. The van der Waals surface area contributed by atoms with Crippen LogP contribution in [0.3, 0.4) is 0 Å². The van der Waals surface area contributed by atoms with E-state index in [0.717, 1.165) is 6.26 Å². The maximum Gasteiger partial charge on any atom is 0.271 e. The quantitative estimate of drug-likeness (QED) is 0.447. The first-order chi connectivity index (χ1) is 14.2. The number of sulfonamides is 1. The van der Waals surface area contributed by atoms with Crippen LogP contribution in [-0.2, 0) is 14.8 Å².